The number of aliphatic hydroxyl groups is 1. The molecule has 1 N–H and O–H groups in total. The van der Waals surface area contributed by atoms with Gasteiger partial charge in [0.15, 0.2) is 0 Å². The molecule has 0 aromatic carbocycles. The third kappa shape index (κ3) is 5.88. The van der Waals surface area contributed by atoms with E-state index in [1.54, 1.807) is 6.92 Å². The molecule has 0 saturated carbocycles. The fraction of sp³-hybridized carbons (Fsp3) is 1.00. The molecule has 8 heavy (non-hydrogen) atoms. The monoisotopic (exact) mass is 120 g/mol. The van der Waals surface area contributed by atoms with Crippen molar-refractivity contribution in [1.29, 1.82) is 0 Å². The van der Waals surface area contributed by atoms with Crippen molar-refractivity contribution < 1.29 is 14.9 Å². The molecule has 50 valence electrons. The summed E-state index contributed by atoms with van der Waals surface area (Å²) in [5, 5.41) is 7.57. The molecule has 0 atom stereocenters. The summed E-state index contributed by atoms with van der Waals surface area (Å²) < 4.78 is 0. The normalized spacial score (nSPS) is 17.2. The highest BCUT2D eigenvalue weighted by molar-refractivity contribution is 4.31. The van der Waals surface area contributed by atoms with Gasteiger partial charge in [0.1, 0.15) is 0 Å². The Morgan fingerprint density at radius 2 is 1.75 bits per heavy atom. The highest BCUT2D eigenvalue weighted by atomic mass is 17.2. The number of hydrogen-bond acceptors (Lipinski definition) is 3. The number of aliphatic hydroxyl groups excluding tert-OH is 1. The van der Waals surface area contributed by atoms with Gasteiger partial charge in [-0.05, 0) is 6.92 Å². The Kier molecular flexibility index (Phi) is 6.78. The molecular weight excluding hydrogens is 108 g/mol. The van der Waals surface area contributed by atoms with Crippen LogP contribution in [0.1, 0.15) is 13.3 Å². The van der Waals surface area contributed by atoms with Crippen LogP contribution in [0.15, 0.2) is 0 Å². The van der Waals surface area contributed by atoms with Crippen LogP contribution >= 0.6 is 0 Å². The molecular formula is C5H12O3. The highest BCUT2D eigenvalue weighted by Crippen LogP contribution is 1.93. The molecule has 0 aromatic heterocycles. The van der Waals surface area contributed by atoms with E-state index in [9.17, 15) is 0 Å². The smallest absolute Gasteiger partial charge is 0.0845 e. The van der Waals surface area contributed by atoms with Gasteiger partial charge in [-0.15, -0.1) is 0 Å². The quantitative estimate of drug-likeness (QED) is 0.468. The van der Waals surface area contributed by atoms with Crippen molar-refractivity contribution in [2.24, 2.45) is 0 Å². The van der Waals surface area contributed by atoms with Crippen molar-refractivity contribution in [3.63, 3.8) is 0 Å². The molecule has 0 bridgehead atoms. The molecule has 0 radical (unpaired) electrons. The molecule has 0 aliphatic carbocycles. The topological polar surface area (TPSA) is 38.7 Å². The van der Waals surface area contributed by atoms with E-state index in [1.807, 2.05) is 0 Å². The lowest BCUT2D eigenvalue weighted by Crippen LogP contribution is -1.72. The summed E-state index contributed by atoms with van der Waals surface area (Å²) in [6.07, 6.45) is 1.06. The van der Waals surface area contributed by atoms with Crippen LogP contribution in [0.3, 0.4) is 0 Å². The van der Waals surface area contributed by atoms with Gasteiger partial charge in [-0.25, -0.2) is 9.78 Å². The summed E-state index contributed by atoms with van der Waals surface area (Å²) in [7, 11) is 0. The van der Waals surface area contributed by atoms with Gasteiger partial charge in [0.25, 0.3) is 0 Å². The zero-order chi connectivity index (χ0) is 6.24. The molecule has 0 spiro atoms. The molecule has 0 amide bonds. The van der Waals surface area contributed by atoms with E-state index in [-0.39, 0.29) is 6.61 Å². The van der Waals surface area contributed by atoms with Gasteiger partial charge in [-0.3, -0.25) is 0 Å². The average molecular weight is 120 g/mol. The molecule has 3 nitrogen and oxygen atoms in total. The molecule has 1 aliphatic rings. The van der Waals surface area contributed by atoms with Gasteiger partial charge in [0.2, 0.25) is 0 Å². The zero-order valence-electron chi connectivity index (χ0n) is 5.09. The first-order chi connectivity index (χ1) is 3.91. The maximum Gasteiger partial charge on any atom is 0.0845 e. The minimum atomic E-state index is 0.250. The molecule has 1 rings (SSSR count). The van der Waals surface area contributed by atoms with Crippen molar-refractivity contribution in [2.45, 2.75) is 13.3 Å². The van der Waals surface area contributed by atoms with Crippen LogP contribution in [0.25, 0.3) is 0 Å². The minimum Gasteiger partial charge on any atom is -0.397 e. The molecule has 0 unspecified atom stereocenters. The van der Waals surface area contributed by atoms with Gasteiger partial charge >= 0.3 is 0 Å². The van der Waals surface area contributed by atoms with Gasteiger partial charge in [0, 0.05) is 13.0 Å². The van der Waals surface area contributed by atoms with Crippen LogP contribution < -0.4 is 0 Å². The predicted octanol–water partition coefficient (Wildman–Crippen LogP) is 0.337. The molecule has 1 saturated heterocycles. The van der Waals surface area contributed by atoms with Crippen molar-refractivity contribution in [3.8, 4) is 0 Å². The van der Waals surface area contributed by atoms with Crippen LogP contribution in [0, 0.1) is 0 Å². The summed E-state index contributed by atoms with van der Waals surface area (Å²) in [5.41, 5.74) is 0. The van der Waals surface area contributed by atoms with Crippen molar-refractivity contribution in [3.05, 3.63) is 0 Å². The van der Waals surface area contributed by atoms with Crippen LogP contribution in [-0.2, 0) is 9.78 Å². The van der Waals surface area contributed by atoms with E-state index in [0.29, 0.717) is 0 Å². The summed E-state index contributed by atoms with van der Waals surface area (Å²) in [6, 6.07) is 0. The second kappa shape index (κ2) is 6.88. The maximum atomic E-state index is 7.57. The van der Waals surface area contributed by atoms with Crippen molar-refractivity contribution >= 4 is 0 Å². The second-order valence-corrected chi connectivity index (χ2v) is 1.31. The van der Waals surface area contributed by atoms with Gasteiger partial charge in [-0.1, -0.05) is 0 Å². The first-order valence-electron chi connectivity index (χ1n) is 2.77. The molecule has 1 aliphatic heterocycles. The average Bonchev–Trinajstić information content (AvgIpc) is 2.17. The van der Waals surface area contributed by atoms with E-state index in [1.165, 1.54) is 0 Å². The lowest BCUT2D eigenvalue weighted by molar-refractivity contribution is -0.248. The Hall–Kier alpha value is -0.120. The second-order valence-electron chi connectivity index (χ2n) is 1.31. The Balaban J connectivity index is 0.000000145. The third-order valence-electron chi connectivity index (χ3n) is 0.539. The van der Waals surface area contributed by atoms with E-state index in [0.717, 1.165) is 19.6 Å². The fourth-order valence-electron chi connectivity index (χ4n) is 0.295. The third-order valence-corrected chi connectivity index (χ3v) is 0.539. The fourth-order valence-corrected chi connectivity index (χ4v) is 0.295. The van der Waals surface area contributed by atoms with Gasteiger partial charge in [-0.2, -0.15) is 0 Å². The van der Waals surface area contributed by atoms with Crippen LogP contribution in [0.5, 0.6) is 0 Å². The minimum absolute atomic E-state index is 0.250. The summed E-state index contributed by atoms with van der Waals surface area (Å²) in [4.78, 5) is 8.89. The molecule has 1 heterocycles. The molecule has 3 heteroatoms. The Bertz CT molecular complexity index is 27.0. The molecule has 0 aromatic rings. The highest BCUT2D eigenvalue weighted by Gasteiger charge is 1.95. The lowest BCUT2D eigenvalue weighted by atomic mass is 10.5. The lowest BCUT2D eigenvalue weighted by Gasteiger charge is -1.77. The van der Waals surface area contributed by atoms with Crippen molar-refractivity contribution in [1.82, 2.24) is 0 Å². The van der Waals surface area contributed by atoms with E-state index >= 15 is 0 Å². The van der Waals surface area contributed by atoms with Gasteiger partial charge < -0.3 is 5.11 Å². The Morgan fingerprint density at radius 1 is 1.38 bits per heavy atom. The van der Waals surface area contributed by atoms with Gasteiger partial charge in [0.05, 0.1) is 13.2 Å². The number of rotatable bonds is 0. The van der Waals surface area contributed by atoms with Crippen LogP contribution in [-0.4, -0.2) is 24.9 Å². The van der Waals surface area contributed by atoms with E-state index in [4.69, 9.17) is 5.11 Å². The summed E-state index contributed by atoms with van der Waals surface area (Å²) in [5.74, 6) is 0. The van der Waals surface area contributed by atoms with Crippen molar-refractivity contribution in [2.75, 3.05) is 19.8 Å². The maximum absolute atomic E-state index is 7.57. The van der Waals surface area contributed by atoms with Crippen LogP contribution in [0.2, 0.25) is 0 Å². The Morgan fingerprint density at radius 3 is 1.88 bits per heavy atom. The standard InChI is InChI=1S/C3H6O2.C2H6O/c1-2-4-5-3-1;1-2-3/h1-3H2;3H,2H2,1H3. The first kappa shape index (κ1) is 7.88. The first-order valence-corrected chi connectivity index (χ1v) is 2.77. The van der Waals surface area contributed by atoms with E-state index < -0.39 is 0 Å². The SMILES string of the molecule is C1COOC1.CCO. The molecule has 1 fully saturated rings. The predicted molar refractivity (Wildman–Crippen MR) is 29.3 cm³/mol. The number of hydrogen-bond donors (Lipinski definition) is 1. The van der Waals surface area contributed by atoms with E-state index in [2.05, 4.69) is 9.78 Å². The largest absolute Gasteiger partial charge is 0.397 e. The zero-order valence-corrected chi connectivity index (χ0v) is 5.09. The summed E-state index contributed by atoms with van der Waals surface area (Å²) in [6.45, 7) is 3.49. The Labute approximate surface area is 49.1 Å². The van der Waals surface area contributed by atoms with Crippen LogP contribution in [0.4, 0.5) is 0 Å². The summed E-state index contributed by atoms with van der Waals surface area (Å²) >= 11 is 0.